The first-order chi connectivity index (χ1) is 7.56. The van der Waals surface area contributed by atoms with Crippen molar-refractivity contribution in [3.8, 4) is 0 Å². The molecule has 1 aromatic rings. The summed E-state index contributed by atoms with van der Waals surface area (Å²) < 4.78 is 18.8. The zero-order chi connectivity index (χ0) is 12.1. The van der Waals surface area contributed by atoms with Gasteiger partial charge >= 0.3 is 5.97 Å². The van der Waals surface area contributed by atoms with Gasteiger partial charge in [0, 0.05) is 4.47 Å². The van der Waals surface area contributed by atoms with Gasteiger partial charge in [-0.3, -0.25) is 0 Å². The molecule has 0 aliphatic rings. The highest BCUT2D eigenvalue weighted by Gasteiger charge is 2.16. The molecule has 1 rings (SSSR count). The van der Waals surface area contributed by atoms with Crippen molar-refractivity contribution in [1.29, 1.82) is 0 Å². The summed E-state index contributed by atoms with van der Waals surface area (Å²) in [5, 5.41) is 2.77. The van der Waals surface area contributed by atoms with E-state index in [1.165, 1.54) is 6.07 Å². The molecule has 0 amide bonds. The smallest absolute Gasteiger partial charge is 0.328 e. The molecule has 0 radical (unpaired) electrons. The second kappa shape index (κ2) is 5.84. The van der Waals surface area contributed by atoms with E-state index in [9.17, 15) is 9.18 Å². The Balaban J connectivity index is 2.76. The summed E-state index contributed by atoms with van der Waals surface area (Å²) >= 11 is 3.21. The molecule has 0 saturated heterocycles. The first-order valence-electron chi connectivity index (χ1n) is 4.93. The first-order valence-corrected chi connectivity index (χ1v) is 5.72. The highest BCUT2D eigenvalue weighted by molar-refractivity contribution is 9.10. The molecule has 1 unspecified atom stereocenters. The number of para-hydroxylation sites is 1. The lowest BCUT2D eigenvalue weighted by atomic mass is 10.2. The van der Waals surface area contributed by atoms with E-state index in [0.717, 1.165) is 0 Å². The Labute approximate surface area is 102 Å². The van der Waals surface area contributed by atoms with Gasteiger partial charge < -0.3 is 10.1 Å². The average molecular weight is 290 g/mol. The second-order valence-corrected chi connectivity index (χ2v) is 4.07. The predicted molar refractivity (Wildman–Crippen MR) is 63.8 cm³/mol. The van der Waals surface area contributed by atoms with Crippen LogP contribution in [0.5, 0.6) is 0 Å². The third-order valence-corrected chi connectivity index (χ3v) is 2.62. The van der Waals surface area contributed by atoms with Gasteiger partial charge in [0.1, 0.15) is 11.9 Å². The van der Waals surface area contributed by atoms with Crippen LogP contribution in [-0.4, -0.2) is 18.6 Å². The molecule has 1 atom stereocenters. The number of carbonyl (C=O) groups excluding carboxylic acids is 1. The first kappa shape index (κ1) is 13.0. The van der Waals surface area contributed by atoms with Gasteiger partial charge in [-0.1, -0.05) is 6.07 Å². The van der Waals surface area contributed by atoms with E-state index in [1.54, 1.807) is 26.0 Å². The van der Waals surface area contributed by atoms with Gasteiger partial charge in [0.15, 0.2) is 0 Å². The number of rotatable bonds is 4. The van der Waals surface area contributed by atoms with E-state index in [-0.39, 0.29) is 5.69 Å². The van der Waals surface area contributed by atoms with Gasteiger partial charge in [-0.15, -0.1) is 0 Å². The molecule has 16 heavy (non-hydrogen) atoms. The summed E-state index contributed by atoms with van der Waals surface area (Å²) in [7, 11) is 0. The summed E-state index contributed by atoms with van der Waals surface area (Å²) in [5.41, 5.74) is 0.267. The van der Waals surface area contributed by atoms with Crippen LogP contribution in [0.25, 0.3) is 0 Å². The standard InChI is InChI=1S/C11H13BrFNO2/c1-3-16-11(15)7(2)14-10-8(12)5-4-6-9(10)13/h4-7,14H,3H2,1-2H3. The van der Waals surface area contributed by atoms with Crippen molar-refractivity contribution < 1.29 is 13.9 Å². The molecule has 0 aromatic heterocycles. The number of hydrogen-bond acceptors (Lipinski definition) is 3. The maximum Gasteiger partial charge on any atom is 0.328 e. The lowest BCUT2D eigenvalue weighted by Crippen LogP contribution is -2.28. The van der Waals surface area contributed by atoms with Gasteiger partial charge in [0.25, 0.3) is 0 Å². The number of carbonyl (C=O) groups is 1. The van der Waals surface area contributed by atoms with Crippen molar-refractivity contribution in [2.45, 2.75) is 19.9 Å². The molecule has 0 fully saturated rings. The second-order valence-electron chi connectivity index (χ2n) is 3.21. The summed E-state index contributed by atoms with van der Waals surface area (Å²) in [4.78, 5) is 11.3. The highest BCUT2D eigenvalue weighted by Crippen LogP contribution is 2.25. The molecule has 0 heterocycles. The van der Waals surface area contributed by atoms with Gasteiger partial charge in [0.05, 0.1) is 12.3 Å². The number of halogens is 2. The maximum atomic E-state index is 13.4. The minimum atomic E-state index is -0.590. The van der Waals surface area contributed by atoms with Gasteiger partial charge in [-0.05, 0) is 41.9 Å². The molecule has 0 saturated carbocycles. The summed E-state index contributed by atoms with van der Waals surface area (Å²) in [5.74, 6) is -0.817. The Bertz CT molecular complexity index is 364. The van der Waals surface area contributed by atoms with Crippen LogP contribution in [0.1, 0.15) is 13.8 Å². The van der Waals surface area contributed by atoms with Crippen LogP contribution in [0.4, 0.5) is 10.1 Å². The van der Waals surface area contributed by atoms with E-state index in [0.29, 0.717) is 11.1 Å². The van der Waals surface area contributed by atoms with Crippen LogP contribution in [0.15, 0.2) is 22.7 Å². The monoisotopic (exact) mass is 289 g/mol. The van der Waals surface area contributed by atoms with Gasteiger partial charge in [0.2, 0.25) is 0 Å². The lowest BCUT2D eigenvalue weighted by Gasteiger charge is -2.15. The third kappa shape index (κ3) is 3.20. The average Bonchev–Trinajstić information content (AvgIpc) is 2.23. The van der Waals surface area contributed by atoms with Crippen LogP contribution in [0, 0.1) is 5.82 Å². The van der Waals surface area contributed by atoms with Crippen molar-refractivity contribution in [1.82, 2.24) is 0 Å². The van der Waals surface area contributed by atoms with E-state index >= 15 is 0 Å². The van der Waals surface area contributed by atoms with E-state index in [4.69, 9.17) is 4.74 Å². The van der Waals surface area contributed by atoms with Gasteiger partial charge in [-0.2, -0.15) is 0 Å². The minimum Gasteiger partial charge on any atom is -0.464 e. The summed E-state index contributed by atoms with van der Waals surface area (Å²) in [6.07, 6.45) is 0. The number of ether oxygens (including phenoxy) is 1. The van der Waals surface area contributed by atoms with Crippen LogP contribution < -0.4 is 5.32 Å². The Morgan fingerprint density at radius 2 is 2.31 bits per heavy atom. The minimum absolute atomic E-state index is 0.267. The largest absolute Gasteiger partial charge is 0.464 e. The quantitative estimate of drug-likeness (QED) is 0.866. The van der Waals surface area contributed by atoms with Crippen molar-refractivity contribution >= 4 is 27.6 Å². The number of benzene rings is 1. The summed E-state index contributed by atoms with van der Waals surface area (Å²) in [6, 6.07) is 4.02. The number of hydrogen-bond donors (Lipinski definition) is 1. The SMILES string of the molecule is CCOC(=O)C(C)Nc1c(F)cccc1Br. The molecule has 1 N–H and O–H groups in total. The molecule has 1 aromatic carbocycles. The molecule has 0 spiro atoms. The fourth-order valence-corrected chi connectivity index (χ4v) is 1.63. The van der Waals surface area contributed by atoms with Crippen molar-refractivity contribution in [3.05, 3.63) is 28.5 Å². The molecule has 5 heteroatoms. The van der Waals surface area contributed by atoms with E-state index < -0.39 is 17.8 Å². The van der Waals surface area contributed by atoms with Crippen LogP contribution >= 0.6 is 15.9 Å². The molecule has 0 bridgehead atoms. The molecule has 88 valence electrons. The third-order valence-electron chi connectivity index (χ3n) is 1.96. The molecular formula is C11H13BrFNO2. The molecule has 0 aliphatic carbocycles. The highest BCUT2D eigenvalue weighted by atomic mass is 79.9. The lowest BCUT2D eigenvalue weighted by molar-refractivity contribution is -0.143. The predicted octanol–water partition coefficient (Wildman–Crippen LogP) is 2.95. The zero-order valence-corrected chi connectivity index (χ0v) is 10.7. The fourth-order valence-electron chi connectivity index (χ4n) is 1.18. The zero-order valence-electron chi connectivity index (χ0n) is 9.09. The molecular weight excluding hydrogens is 277 g/mol. The van der Waals surface area contributed by atoms with Crippen LogP contribution in [-0.2, 0) is 9.53 Å². The van der Waals surface area contributed by atoms with Crippen LogP contribution in [0.2, 0.25) is 0 Å². The molecule has 3 nitrogen and oxygen atoms in total. The number of anilines is 1. The number of esters is 1. The topological polar surface area (TPSA) is 38.3 Å². The Morgan fingerprint density at radius 1 is 1.62 bits per heavy atom. The Hall–Kier alpha value is -1.10. The number of nitrogens with one attached hydrogen (secondary N) is 1. The summed E-state index contributed by atoms with van der Waals surface area (Å²) in [6.45, 7) is 3.66. The van der Waals surface area contributed by atoms with E-state index in [1.807, 2.05) is 0 Å². The Kier molecular flexibility index (Phi) is 4.73. The van der Waals surface area contributed by atoms with Crippen LogP contribution in [0.3, 0.4) is 0 Å². The molecule has 0 aliphatic heterocycles. The van der Waals surface area contributed by atoms with E-state index in [2.05, 4.69) is 21.2 Å². The maximum absolute atomic E-state index is 13.4. The van der Waals surface area contributed by atoms with Crippen molar-refractivity contribution in [2.75, 3.05) is 11.9 Å². The normalized spacial score (nSPS) is 12.0. The Morgan fingerprint density at radius 3 is 2.88 bits per heavy atom. The fraction of sp³-hybridized carbons (Fsp3) is 0.364. The van der Waals surface area contributed by atoms with Gasteiger partial charge in [-0.25, -0.2) is 9.18 Å². The van der Waals surface area contributed by atoms with Crippen molar-refractivity contribution in [3.63, 3.8) is 0 Å². The van der Waals surface area contributed by atoms with Crippen molar-refractivity contribution in [2.24, 2.45) is 0 Å².